The first-order chi connectivity index (χ1) is 17.5. The van der Waals surface area contributed by atoms with Crippen LogP contribution in [0.15, 0.2) is 53.1 Å². The van der Waals surface area contributed by atoms with Crippen LogP contribution in [-0.2, 0) is 35.4 Å². The number of methoxy groups -OCH3 is 1. The summed E-state index contributed by atoms with van der Waals surface area (Å²) in [6.07, 6.45) is 2.56. The molecule has 1 aliphatic carbocycles. The zero-order valence-electron chi connectivity index (χ0n) is 20.1. The van der Waals surface area contributed by atoms with Crippen LogP contribution in [0.4, 0.5) is 5.69 Å². The van der Waals surface area contributed by atoms with Gasteiger partial charge in [0.15, 0.2) is 12.4 Å². The summed E-state index contributed by atoms with van der Waals surface area (Å²) in [4.78, 5) is 34.7. The molecule has 1 atom stereocenters. The molecule has 9 nitrogen and oxygen atoms in total. The molecule has 1 unspecified atom stereocenters. The second kappa shape index (κ2) is 10.2. The minimum atomic E-state index is -0.451. The highest BCUT2D eigenvalue weighted by atomic mass is 16.6. The number of esters is 1. The third-order valence-electron chi connectivity index (χ3n) is 6.25. The zero-order valence-corrected chi connectivity index (χ0v) is 20.1. The van der Waals surface area contributed by atoms with E-state index in [1.54, 1.807) is 18.2 Å². The van der Waals surface area contributed by atoms with E-state index < -0.39 is 5.97 Å². The van der Waals surface area contributed by atoms with Crippen molar-refractivity contribution >= 4 is 28.5 Å². The summed E-state index contributed by atoms with van der Waals surface area (Å²) in [5.41, 5.74) is 3.79. The molecule has 36 heavy (non-hydrogen) atoms. The molecular weight excluding hydrogens is 460 g/mol. The van der Waals surface area contributed by atoms with E-state index in [1.165, 1.54) is 7.11 Å². The highest BCUT2D eigenvalue weighted by Crippen LogP contribution is 2.32. The maximum Gasteiger partial charge on any atom is 0.339 e. The van der Waals surface area contributed by atoms with Gasteiger partial charge in [-0.3, -0.25) is 9.78 Å². The number of aryl methyl sites for hydroxylation is 1. The third-order valence-corrected chi connectivity index (χ3v) is 6.25. The van der Waals surface area contributed by atoms with Crippen molar-refractivity contribution in [3.8, 4) is 5.75 Å². The summed E-state index contributed by atoms with van der Waals surface area (Å²) in [5, 5.41) is 7.38. The van der Waals surface area contributed by atoms with Gasteiger partial charge in [0.05, 0.1) is 30.3 Å². The Labute approximate surface area is 207 Å². The molecule has 0 saturated carbocycles. The maximum atomic E-state index is 13.2. The van der Waals surface area contributed by atoms with E-state index in [9.17, 15) is 9.59 Å². The number of pyridine rings is 1. The topological polar surface area (TPSA) is 116 Å². The number of hydrogen-bond donors (Lipinski definition) is 1. The van der Waals surface area contributed by atoms with Crippen molar-refractivity contribution in [2.45, 2.75) is 39.2 Å². The number of amides is 1. The van der Waals surface area contributed by atoms with E-state index in [4.69, 9.17) is 19.0 Å². The lowest BCUT2D eigenvalue weighted by Crippen LogP contribution is -2.19. The van der Waals surface area contributed by atoms with Gasteiger partial charge in [-0.1, -0.05) is 42.4 Å². The zero-order chi connectivity index (χ0) is 25.1. The van der Waals surface area contributed by atoms with E-state index in [1.807, 2.05) is 30.3 Å². The third kappa shape index (κ3) is 4.91. The summed E-state index contributed by atoms with van der Waals surface area (Å²) >= 11 is 0. The van der Waals surface area contributed by atoms with Crippen molar-refractivity contribution in [2.75, 3.05) is 12.4 Å². The highest BCUT2D eigenvalue weighted by Gasteiger charge is 2.26. The van der Waals surface area contributed by atoms with Gasteiger partial charge in [0.1, 0.15) is 5.75 Å². The largest absolute Gasteiger partial charge is 0.495 e. The fourth-order valence-corrected chi connectivity index (χ4v) is 4.50. The highest BCUT2D eigenvalue weighted by molar-refractivity contribution is 6.05. The molecule has 0 saturated heterocycles. The van der Waals surface area contributed by atoms with Crippen molar-refractivity contribution < 1.29 is 23.6 Å². The molecule has 1 aliphatic rings. The fourth-order valence-electron chi connectivity index (χ4n) is 4.50. The van der Waals surface area contributed by atoms with Gasteiger partial charge in [0.2, 0.25) is 5.91 Å². The number of benzene rings is 2. The van der Waals surface area contributed by atoms with Crippen LogP contribution in [0.3, 0.4) is 0 Å². The number of aromatic nitrogens is 3. The summed E-state index contributed by atoms with van der Waals surface area (Å²) in [6, 6.07) is 14.7. The Hall–Kier alpha value is -4.27. The van der Waals surface area contributed by atoms with Crippen LogP contribution in [0.2, 0.25) is 0 Å². The molecule has 4 aromatic rings. The van der Waals surface area contributed by atoms with Crippen LogP contribution in [-0.4, -0.2) is 34.1 Å². The van der Waals surface area contributed by atoms with Gasteiger partial charge >= 0.3 is 5.97 Å². The Morgan fingerprint density at radius 1 is 1.11 bits per heavy atom. The van der Waals surface area contributed by atoms with Gasteiger partial charge in [-0.15, -0.1) is 0 Å². The Morgan fingerprint density at radius 2 is 1.92 bits per heavy atom. The molecular formula is C27H26N4O5. The van der Waals surface area contributed by atoms with Crippen LogP contribution in [0.5, 0.6) is 5.75 Å². The molecule has 2 heterocycles. The summed E-state index contributed by atoms with van der Waals surface area (Å²) in [7, 11) is 1.53. The molecule has 1 N–H and O–H groups in total. The Morgan fingerprint density at radius 3 is 2.78 bits per heavy atom. The van der Waals surface area contributed by atoms with Crippen molar-refractivity contribution in [1.29, 1.82) is 0 Å². The van der Waals surface area contributed by atoms with Gasteiger partial charge in [-0.2, -0.15) is 4.98 Å². The molecule has 2 aromatic carbocycles. The molecule has 0 fully saturated rings. The molecule has 5 rings (SSSR count). The number of para-hydroxylation sites is 3. The number of anilines is 1. The molecule has 0 bridgehead atoms. The minimum absolute atomic E-state index is 0.101. The number of rotatable bonds is 7. The van der Waals surface area contributed by atoms with Gasteiger partial charge in [-0.25, -0.2) is 4.79 Å². The first-order valence-corrected chi connectivity index (χ1v) is 11.8. The van der Waals surface area contributed by atoms with Crippen LogP contribution < -0.4 is 10.1 Å². The average molecular weight is 487 g/mol. The van der Waals surface area contributed by atoms with Crippen molar-refractivity contribution in [1.82, 2.24) is 15.1 Å². The lowest BCUT2D eigenvalue weighted by molar-refractivity contribution is -0.115. The molecule has 0 spiro atoms. The van der Waals surface area contributed by atoms with Crippen molar-refractivity contribution in [2.24, 2.45) is 5.92 Å². The van der Waals surface area contributed by atoms with Crippen LogP contribution >= 0.6 is 0 Å². The summed E-state index contributed by atoms with van der Waals surface area (Å²) < 4.78 is 16.0. The quantitative estimate of drug-likeness (QED) is 0.385. The maximum absolute atomic E-state index is 13.2. The number of nitrogens with zero attached hydrogens (tertiary/aromatic N) is 3. The molecule has 184 valence electrons. The smallest absolute Gasteiger partial charge is 0.339 e. The summed E-state index contributed by atoms with van der Waals surface area (Å²) in [5.74, 6) is 0.540. The number of nitrogens with one attached hydrogen (secondary N) is 1. The SMILES string of the molecule is COc1ccccc1NC(=O)Cc1noc(COC(=O)c2c3c(nc4ccccc24)CCC(C)C3)n1. The number of ether oxygens (including phenoxy) is 2. The van der Waals surface area contributed by atoms with Gasteiger partial charge in [-0.05, 0) is 48.9 Å². The monoisotopic (exact) mass is 486 g/mol. The fraction of sp³-hybridized carbons (Fsp3) is 0.296. The number of carbonyl (C=O) groups is 2. The summed E-state index contributed by atoms with van der Waals surface area (Å²) in [6.45, 7) is 1.98. The lowest BCUT2D eigenvalue weighted by atomic mass is 9.84. The first-order valence-electron chi connectivity index (χ1n) is 11.8. The lowest BCUT2D eigenvalue weighted by Gasteiger charge is -2.24. The predicted molar refractivity (Wildman–Crippen MR) is 132 cm³/mol. The van der Waals surface area contributed by atoms with E-state index in [2.05, 4.69) is 22.4 Å². The molecule has 1 amide bonds. The van der Waals surface area contributed by atoms with E-state index in [0.717, 1.165) is 41.4 Å². The van der Waals surface area contributed by atoms with Gasteiger partial charge < -0.3 is 19.3 Å². The molecule has 0 aliphatic heterocycles. The van der Waals surface area contributed by atoms with Crippen molar-refractivity contribution in [3.63, 3.8) is 0 Å². The average Bonchev–Trinajstić information content (AvgIpc) is 3.33. The number of fused-ring (bicyclic) bond motifs is 2. The Bertz CT molecular complexity index is 1430. The standard InChI is InChI=1S/C27H26N4O5/c1-16-11-12-20-18(13-16)26(17-7-3-4-8-19(17)28-20)27(33)35-15-25-30-23(31-36-25)14-24(32)29-21-9-5-6-10-22(21)34-2/h3-10,16H,11-15H2,1-2H3,(H,29,32). The first kappa shape index (κ1) is 23.5. The Kier molecular flexibility index (Phi) is 6.62. The normalized spacial score (nSPS) is 14.8. The van der Waals surface area contributed by atoms with Crippen LogP contribution in [0.25, 0.3) is 10.9 Å². The van der Waals surface area contributed by atoms with Crippen LogP contribution in [0, 0.1) is 5.92 Å². The molecule has 2 aromatic heterocycles. The number of carbonyl (C=O) groups excluding carboxylic acids is 2. The Balaban J connectivity index is 1.27. The second-order valence-electron chi connectivity index (χ2n) is 8.88. The van der Waals surface area contributed by atoms with E-state index >= 15 is 0 Å². The van der Waals surface area contributed by atoms with E-state index in [0.29, 0.717) is 22.9 Å². The number of hydrogen-bond acceptors (Lipinski definition) is 8. The van der Waals surface area contributed by atoms with Crippen LogP contribution in [0.1, 0.15) is 46.7 Å². The minimum Gasteiger partial charge on any atom is -0.495 e. The van der Waals surface area contributed by atoms with Gasteiger partial charge in [0, 0.05) is 11.1 Å². The predicted octanol–water partition coefficient (Wildman–Crippen LogP) is 4.29. The molecule has 9 heteroatoms. The van der Waals surface area contributed by atoms with Crippen molar-refractivity contribution in [3.05, 3.63) is 77.1 Å². The second-order valence-corrected chi connectivity index (χ2v) is 8.88. The van der Waals surface area contributed by atoms with E-state index in [-0.39, 0.29) is 30.7 Å². The van der Waals surface area contributed by atoms with Gasteiger partial charge in [0.25, 0.3) is 5.89 Å². The molecule has 0 radical (unpaired) electrons.